The molecule has 5 nitrogen and oxygen atoms in total. The molecule has 5 heteroatoms. The zero-order valence-electron chi connectivity index (χ0n) is 13.8. The van der Waals surface area contributed by atoms with Crippen LogP contribution in [0.5, 0.6) is 0 Å². The van der Waals surface area contributed by atoms with Crippen molar-refractivity contribution in [2.24, 2.45) is 0 Å². The van der Waals surface area contributed by atoms with Gasteiger partial charge < -0.3 is 19.7 Å². The third-order valence-electron chi connectivity index (χ3n) is 3.45. The van der Waals surface area contributed by atoms with Crippen LogP contribution in [0.25, 0.3) is 0 Å². The lowest BCUT2D eigenvalue weighted by Gasteiger charge is -2.24. The molecule has 1 N–H and O–H groups in total. The highest BCUT2D eigenvalue weighted by atomic mass is 16.5. The number of ether oxygens (including phenoxy) is 2. The summed E-state index contributed by atoms with van der Waals surface area (Å²) >= 11 is 0. The van der Waals surface area contributed by atoms with Gasteiger partial charge in [0.25, 0.3) is 0 Å². The minimum atomic E-state index is 0.312. The van der Waals surface area contributed by atoms with E-state index in [4.69, 9.17) is 9.47 Å². The van der Waals surface area contributed by atoms with Gasteiger partial charge in [0.15, 0.2) is 0 Å². The molecule has 0 amide bonds. The molecule has 120 valence electrons. The summed E-state index contributed by atoms with van der Waals surface area (Å²) in [5.74, 6) is 0.981. The van der Waals surface area contributed by atoms with Crippen molar-refractivity contribution in [2.75, 3.05) is 51.5 Å². The normalized spacial score (nSPS) is 12.4. The first-order valence-corrected chi connectivity index (χ1v) is 7.76. The Morgan fingerprint density at radius 1 is 1.19 bits per heavy atom. The van der Waals surface area contributed by atoms with Gasteiger partial charge in [-0.1, -0.05) is 0 Å². The van der Waals surface area contributed by atoms with Crippen molar-refractivity contribution in [1.82, 2.24) is 10.3 Å². The third kappa shape index (κ3) is 6.42. The van der Waals surface area contributed by atoms with Gasteiger partial charge >= 0.3 is 0 Å². The van der Waals surface area contributed by atoms with Gasteiger partial charge in [-0.25, -0.2) is 4.98 Å². The maximum absolute atomic E-state index is 5.47. The summed E-state index contributed by atoms with van der Waals surface area (Å²) in [5, 5.41) is 3.26. The second-order valence-corrected chi connectivity index (χ2v) is 4.84. The Morgan fingerprint density at radius 2 is 1.81 bits per heavy atom. The van der Waals surface area contributed by atoms with Gasteiger partial charge in [-0.05, 0) is 45.5 Å². The van der Waals surface area contributed by atoms with Crippen LogP contribution in [0.2, 0.25) is 0 Å². The Labute approximate surface area is 128 Å². The van der Waals surface area contributed by atoms with E-state index in [0.717, 1.165) is 32.1 Å². The summed E-state index contributed by atoms with van der Waals surface area (Å²) in [5.41, 5.74) is 1.24. The van der Waals surface area contributed by atoms with Crippen molar-refractivity contribution >= 4 is 5.82 Å². The van der Waals surface area contributed by atoms with E-state index in [1.54, 1.807) is 0 Å². The summed E-state index contributed by atoms with van der Waals surface area (Å²) in [7, 11) is 1.96. The van der Waals surface area contributed by atoms with E-state index in [9.17, 15) is 0 Å². The average Bonchev–Trinajstić information content (AvgIpc) is 2.53. The molecule has 0 aliphatic rings. The van der Waals surface area contributed by atoms with E-state index < -0.39 is 0 Å². The van der Waals surface area contributed by atoms with Crippen molar-refractivity contribution in [2.45, 2.75) is 26.8 Å². The van der Waals surface area contributed by atoms with Gasteiger partial charge in [0.2, 0.25) is 0 Å². The van der Waals surface area contributed by atoms with Crippen LogP contribution in [0.3, 0.4) is 0 Å². The molecule has 1 aromatic heterocycles. The molecule has 21 heavy (non-hydrogen) atoms. The van der Waals surface area contributed by atoms with Crippen LogP contribution in [-0.2, 0) is 9.47 Å². The van der Waals surface area contributed by atoms with Crippen LogP contribution in [0.4, 0.5) is 5.82 Å². The summed E-state index contributed by atoms with van der Waals surface area (Å²) in [6.07, 6.45) is 1.87. The molecular weight excluding hydrogens is 266 g/mol. The van der Waals surface area contributed by atoms with E-state index in [1.165, 1.54) is 5.56 Å². The van der Waals surface area contributed by atoms with Gasteiger partial charge in [0, 0.05) is 38.5 Å². The summed E-state index contributed by atoms with van der Waals surface area (Å²) < 4.78 is 10.9. The molecule has 0 aliphatic heterocycles. The lowest BCUT2D eigenvalue weighted by molar-refractivity contribution is 0.141. The number of rotatable bonds is 11. The molecule has 0 spiro atoms. The van der Waals surface area contributed by atoms with Crippen molar-refractivity contribution in [3.8, 4) is 0 Å². The molecule has 0 aromatic carbocycles. The number of pyridine rings is 1. The van der Waals surface area contributed by atoms with E-state index in [0.29, 0.717) is 19.3 Å². The Hall–Kier alpha value is -1.17. The fourth-order valence-corrected chi connectivity index (χ4v) is 2.02. The molecular formula is C16H29N3O2. The van der Waals surface area contributed by atoms with Crippen LogP contribution in [0.1, 0.15) is 32.4 Å². The second kappa shape index (κ2) is 10.5. The zero-order chi connectivity index (χ0) is 15.5. The maximum atomic E-state index is 5.47. The van der Waals surface area contributed by atoms with Crippen molar-refractivity contribution in [1.29, 1.82) is 0 Å². The quantitative estimate of drug-likeness (QED) is 0.634. The summed E-state index contributed by atoms with van der Waals surface area (Å²) in [4.78, 5) is 6.72. The fourth-order valence-electron chi connectivity index (χ4n) is 2.02. The van der Waals surface area contributed by atoms with Crippen molar-refractivity contribution in [3.63, 3.8) is 0 Å². The molecule has 0 fully saturated rings. The van der Waals surface area contributed by atoms with Crippen molar-refractivity contribution < 1.29 is 9.47 Å². The Morgan fingerprint density at radius 3 is 2.33 bits per heavy atom. The van der Waals surface area contributed by atoms with Crippen molar-refractivity contribution in [3.05, 3.63) is 23.9 Å². The Kier molecular flexibility index (Phi) is 8.98. The lowest BCUT2D eigenvalue weighted by atomic mass is 10.1. The lowest BCUT2D eigenvalue weighted by Crippen LogP contribution is -2.32. The maximum Gasteiger partial charge on any atom is 0.128 e. The Balaban J connectivity index is 2.74. The highest BCUT2D eigenvalue weighted by Crippen LogP contribution is 2.17. The first kappa shape index (κ1) is 17.9. The monoisotopic (exact) mass is 295 g/mol. The highest BCUT2D eigenvalue weighted by molar-refractivity contribution is 5.41. The predicted molar refractivity (Wildman–Crippen MR) is 86.9 cm³/mol. The minimum Gasteiger partial charge on any atom is -0.380 e. The molecule has 1 atom stereocenters. The molecule has 0 radical (unpaired) electrons. The van der Waals surface area contributed by atoms with Gasteiger partial charge in [-0.3, -0.25) is 0 Å². The van der Waals surface area contributed by atoms with Gasteiger partial charge in [0.05, 0.1) is 13.2 Å². The number of nitrogens with zero attached hydrogens (tertiary/aromatic N) is 2. The fraction of sp³-hybridized carbons (Fsp3) is 0.688. The standard InChI is InChI=1S/C16H29N3O2/c1-5-20-11-9-19(10-12-21-6-2)16-13-15(7-8-18-16)14(3)17-4/h7-8,13-14,17H,5-6,9-12H2,1-4H3. The van der Waals surface area contributed by atoms with Crippen LogP contribution < -0.4 is 10.2 Å². The van der Waals surface area contributed by atoms with Crippen LogP contribution in [0, 0.1) is 0 Å². The largest absolute Gasteiger partial charge is 0.380 e. The van der Waals surface area contributed by atoms with Crippen LogP contribution in [-0.4, -0.2) is 51.5 Å². The molecule has 0 bridgehead atoms. The summed E-state index contributed by atoms with van der Waals surface area (Å²) in [6, 6.07) is 4.50. The molecule has 0 aliphatic carbocycles. The number of hydrogen-bond donors (Lipinski definition) is 1. The number of aromatic nitrogens is 1. The first-order chi connectivity index (χ1) is 10.2. The molecule has 1 heterocycles. The van der Waals surface area contributed by atoms with E-state index in [-0.39, 0.29) is 0 Å². The molecule has 1 aromatic rings. The van der Waals surface area contributed by atoms with Gasteiger partial charge in [-0.15, -0.1) is 0 Å². The Bertz CT molecular complexity index is 378. The predicted octanol–water partition coefficient (Wildman–Crippen LogP) is 2.24. The second-order valence-electron chi connectivity index (χ2n) is 4.84. The first-order valence-electron chi connectivity index (χ1n) is 7.76. The third-order valence-corrected chi connectivity index (χ3v) is 3.45. The highest BCUT2D eigenvalue weighted by Gasteiger charge is 2.10. The SMILES string of the molecule is CCOCCN(CCOCC)c1cc(C(C)NC)ccn1. The number of anilines is 1. The zero-order valence-corrected chi connectivity index (χ0v) is 13.8. The van der Waals surface area contributed by atoms with Gasteiger partial charge in [-0.2, -0.15) is 0 Å². The number of nitrogens with one attached hydrogen (secondary N) is 1. The molecule has 0 saturated heterocycles. The number of hydrogen-bond acceptors (Lipinski definition) is 5. The summed E-state index contributed by atoms with van der Waals surface area (Å²) in [6.45, 7) is 10.7. The van der Waals surface area contributed by atoms with E-state index >= 15 is 0 Å². The smallest absolute Gasteiger partial charge is 0.128 e. The van der Waals surface area contributed by atoms with Gasteiger partial charge in [0.1, 0.15) is 5.82 Å². The average molecular weight is 295 g/mol. The van der Waals surface area contributed by atoms with Crippen LogP contribution in [0.15, 0.2) is 18.3 Å². The topological polar surface area (TPSA) is 46.6 Å². The molecule has 1 unspecified atom stereocenters. The van der Waals surface area contributed by atoms with Crippen LogP contribution >= 0.6 is 0 Å². The molecule has 1 rings (SSSR count). The van der Waals surface area contributed by atoms with E-state index in [1.807, 2.05) is 33.2 Å². The molecule has 0 saturated carbocycles. The minimum absolute atomic E-state index is 0.312. The van der Waals surface area contributed by atoms with E-state index in [2.05, 4.69) is 28.2 Å².